The van der Waals surface area contributed by atoms with Crippen molar-refractivity contribution in [3.8, 4) is 0 Å². The van der Waals surface area contributed by atoms with Gasteiger partial charge in [-0.2, -0.15) is 0 Å². The maximum atomic E-state index is 12.7. The van der Waals surface area contributed by atoms with Crippen LogP contribution in [0.3, 0.4) is 0 Å². The lowest BCUT2D eigenvalue weighted by Crippen LogP contribution is -2.31. The van der Waals surface area contributed by atoms with Crippen LogP contribution in [0.5, 0.6) is 0 Å². The van der Waals surface area contributed by atoms with Gasteiger partial charge in [-0.15, -0.1) is 0 Å². The maximum Gasteiger partial charge on any atom is 0.261 e. The molecule has 1 unspecified atom stereocenters. The van der Waals surface area contributed by atoms with E-state index in [1.165, 1.54) is 0 Å². The third-order valence-corrected chi connectivity index (χ3v) is 4.16. The van der Waals surface area contributed by atoms with Gasteiger partial charge < -0.3 is 19.2 Å². The summed E-state index contributed by atoms with van der Waals surface area (Å²) in [7, 11) is 0. The highest BCUT2D eigenvalue weighted by Crippen LogP contribution is 2.35. The van der Waals surface area contributed by atoms with Crippen LogP contribution in [-0.4, -0.2) is 40.7 Å². The Balaban J connectivity index is 1.74. The normalized spacial score (nSPS) is 18.4. The van der Waals surface area contributed by atoms with Crippen molar-refractivity contribution >= 4 is 29.8 Å². The summed E-state index contributed by atoms with van der Waals surface area (Å²) in [5.74, 6) is 2.33. The first-order chi connectivity index (χ1) is 11.6. The van der Waals surface area contributed by atoms with E-state index in [0.717, 1.165) is 18.8 Å². The fourth-order valence-corrected chi connectivity index (χ4v) is 2.96. The first kappa shape index (κ1) is 14.7. The van der Waals surface area contributed by atoms with Crippen molar-refractivity contribution in [1.82, 2.24) is 10.1 Å². The molecule has 8 heteroatoms. The molecule has 0 saturated carbocycles. The Hall–Kier alpha value is -2.90. The number of fused-ring (bicyclic) bond motifs is 3. The number of nitrogens with zero attached hydrogens (tertiary/aromatic N) is 4. The first-order valence-electron chi connectivity index (χ1n) is 7.84. The van der Waals surface area contributed by atoms with Gasteiger partial charge in [0.2, 0.25) is 5.88 Å². The number of rotatable bonds is 3. The molecule has 2 aromatic heterocycles. The van der Waals surface area contributed by atoms with Crippen molar-refractivity contribution in [3.05, 3.63) is 28.7 Å². The Morgan fingerprint density at radius 1 is 1.46 bits per heavy atom. The summed E-state index contributed by atoms with van der Waals surface area (Å²) in [5.41, 5.74) is 1.08. The first-order valence-corrected chi connectivity index (χ1v) is 7.84. The van der Waals surface area contributed by atoms with Crippen LogP contribution in [0.15, 0.2) is 25.0 Å². The van der Waals surface area contributed by atoms with Gasteiger partial charge >= 0.3 is 0 Å². The summed E-state index contributed by atoms with van der Waals surface area (Å²) in [6, 6.07) is 1.85. The minimum absolute atomic E-state index is 0.196. The number of carbonyl (C=O) groups is 1. The van der Waals surface area contributed by atoms with Gasteiger partial charge in [0.25, 0.3) is 5.91 Å². The van der Waals surface area contributed by atoms with E-state index in [4.69, 9.17) is 13.9 Å². The number of aryl methyl sites for hydroxylation is 2. The average molecular weight is 327 g/mol. The van der Waals surface area contributed by atoms with Crippen LogP contribution in [0, 0.1) is 13.8 Å². The highest BCUT2D eigenvalue weighted by Gasteiger charge is 2.36. The Bertz CT molecular complexity index is 876. The van der Waals surface area contributed by atoms with Gasteiger partial charge in [0.1, 0.15) is 23.7 Å². The van der Waals surface area contributed by atoms with Crippen LogP contribution in [0.25, 0.3) is 0 Å². The smallest absolute Gasteiger partial charge is 0.261 e. The molecule has 2 aliphatic heterocycles. The molecule has 2 aromatic rings. The van der Waals surface area contributed by atoms with Crippen LogP contribution in [-0.2, 0) is 0 Å². The summed E-state index contributed by atoms with van der Waals surface area (Å²) < 4.78 is 10.6. The summed E-state index contributed by atoms with van der Waals surface area (Å²) in [5, 5.41) is 6.52. The minimum atomic E-state index is -0.314. The molecule has 1 amide bonds. The molecule has 124 valence electrons. The van der Waals surface area contributed by atoms with Gasteiger partial charge in [-0.05, 0) is 20.3 Å². The summed E-state index contributed by atoms with van der Waals surface area (Å²) in [6.45, 7) is 6.36. The second-order valence-electron chi connectivity index (χ2n) is 5.90. The molecule has 8 nitrogen and oxygen atoms in total. The van der Waals surface area contributed by atoms with Crippen molar-refractivity contribution in [2.24, 2.45) is 9.98 Å². The highest BCUT2D eigenvalue weighted by atomic mass is 16.5. The van der Waals surface area contributed by atoms with Crippen molar-refractivity contribution in [2.45, 2.75) is 33.2 Å². The van der Waals surface area contributed by atoms with E-state index in [1.807, 2.05) is 4.90 Å². The molecule has 0 spiro atoms. The number of furan rings is 1. The Morgan fingerprint density at radius 3 is 3.00 bits per heavy atom. The molecule has 0 aliphatic carbocycles. The number of amidine groups is 1. The SMILES string of the molecule is CCC1CN2C=Nc3oc(C)c(C(=O)Nc4cc(C)on4)c3C2=N1. The van der Waals surface area contributed by atoms with E-state index in [9.17, 15) is 4.79 Å². The van der Waals surface area contributed by atoms with Crippen molar-refractivity contribution < 1.29 is 13.7 Å². The molecule has 0 bridgehead atoms. The maximum absolute atomic E-state index is 12.7. The molecular weight excluding hydrogens is 310 g/mol. The number of hydrogen-bond acceptors (Lipinski definition) is 7. The minimum Gasteiger partial charge on any atom is -0.442 e. The number of nitrogens with one attached hydrogen (secondary N) is 1. The second-order valence-corrected chi connectivity index (χ2v) is 5.90. The number of anilines is 1. The van der Waals surface area contributed by atoms with Gasteiger partial charge in [0.05, 0.1) is 17.2 Å². The largest absolute Gasteiger partial charge is 0.442 e. The number of amides is 1. The summed E-state index contributed by atoms with van der Waals surface area (Å²) >= 11 is 0. The van der Waals surface area contributed by atoms with E-state index in [2.05, 4.69) is 22.4 Å². The van der Waals surface area contributed by atoms with E-state index < -0.39 is 0 Å². The monoisotopic (exact) mass is 327 g/mol. The molecule has 1 atom stereocenters. The quantitative estimate of drug-likeness (QED) is 0.935. The average Bonchev–Trinajstić information content (AvgIpc) is 3.22. The zero-order chi connectivity index (χ0) is 16.8. The zero-order valence-electron chi connectivity index (χ0n) is 13.7. The predicted octanol–water partition coefficient (Wildman–Crippen LogP) is 2.65. The molecule has 24 heavy (non-hydrogen) atoms. The van der Waals surface area contributed by atoms with Gasteiger partial charge in [0, 0.05) is 12.6 Å². The van der Waals surface area contributed by atoms with Crippen molar-refractivity contribution in [3.63, 3.8) is 0 Å². The fraction of sp³-hybridized carbons (Fsp3) is 0.375. The lowest BCUT2D eigenvalue weighted by molar-refractivity contribution is 0.102. The van der Waals surface area contributed by atoms with Gasteiger partial charge in [-0.1, -0.05) is 12.1 Å². The standard InChI is InChI=1S/C16H17N5O3/c1-4-10-6-21-7-17-16-13(14(21)18-10)12(9(3)23-16)15(22)19-11-5-8(2)24-20-11/h5,7,10H,4,6H2,1-3H3,(H,19,20,22). The third kappa shape index (κ3) is 2.22. The van der Waals surface area contributed by atoms with Crippen LogP contribution in [0.2, 0.25) is 0 Å². The van der Waals surface area contributed by atoms with Gasteiger partial charge in [-0.3, -0.25) is 9.79 Å². The predicted molar refractivity (Wildman–Crippen MR) is 88.1 cm³/mol. The van der Waals surface area contributed by atoms with Crippen LogP contribution in [0.1, 0.15) is 40.8 Å². The van der Waals surface area contributed by atoms with Crippen LogP contribution < -0.4 is 5.32 Å². The van der Waals surface area contributed by atoms with Crippen molar-refractivity contribution in [1.29, 1.82) is 0 Å². The topological polar surface area (TPSA) is 96.2 Å². The molecule has 1 N–H and O–H groups in total. The van der Waals surface area contributed by atoms with E-state index in [-0.39, 0.29) is 11.9 Å². The molecule has 0 saturated heterocycles. The van der Waals surface area contributed by atoms with Crippen LogP contribution in [0.4, 0.5) is 11.7 Å². The molecule has 0 radical (unpaired) electrons. The Morgan fingerprint density at radius 2 is 2.29 bits per heavy atom. The highest BCUT2D eigenvalue weighted by molar-refractivity contribution is 6.19. The second kappa shape index (κ2) is 5.33. The fourth-order valence-electron chi connectivity index (χ4n) is 2.96. The van der Waals surface area contributed by atoms with Crippen molar-refractivity contribution in [2.75, 3.05) is 11.9 Å². The van der Waals surface area contributed by atoms with Crippen LogP contribution >= 0.6 is 0 Å². The summed E-state index contributed by atoms with van der Waals surface area (Å²) in [6.07, 6.45) is 2.64. The number of aliphatic imine (C=N–C) groups is 2. The van der Waals surface area contributed by atoms with E-state index in [1.54, 1.807) is 26.3 Å². The lowest BCUT2D eigenvalue weighted by atomic mass is 10.1. The molecule has 0 fully saturated rings. The lowest BCUT2D eigenvalue weighted by Gasteiger charge is -2.18. The molecule has 2 aliphatic rings. The van der Waals surface area contributed by atoms with Gasteiger partial charge in [0.15, 0.2) is 5.82 Å². The molecule has 4 heterocycles. The number of hydrogen-bond donors (Lipinski definition) is 1. The Kier molecular flexibility index (Phi) is 3.26. The van der Waals surface area contributed by atoms with E-state index >= 15 is 0 Å². The van der Waals surface area contributed by atoms with E-state index in [0.29, 0.717) is 34.3 Å². The Labute approximate surface area is 138 Å². The molecule has 0 aromatic carbocycles. The van der Waals surface area contributed by atoms with Gasteiger partial charge in [-0.25, -0.2) is 4.99 Å². The third-order valence-electron chi connectivity index (χ3n) is 4.16. The summed E-state index contributed by atoms with van der Waals surface area (Å²) in [4.78, 5) is 23.7. The number of carbonyl (C=O) groups excluding carboxylic acids is 1. The number of aromatic nitrogens is 1. The molecule has 4 rings (SSSR count). The zero-order valence-corrected chi connectivity index (χ0v) is 13.7. The molecular formula is C16H17N5O3.